The number of allylic oxidation sites excluding steroid dienone is 1. The van der Waals surface area contributed by atoms with Crippen molar-refractivity contribution in [1.29, 1.82) is 0 Å². The molecule has 0 heterocycles. The van der Waals surface area contributed by atoms with Gasteiger partial charge in [0.15, 0.2) is 0 Å². The number of nitro groups is 1. The van der Waals surface area contributed by atoms with Gasteiger partial charge in [0, 0.05) is 18.1 Å². The fourth-order valence-electron chi connectivity index (χ4n) is 1.73. The molecule has 1 unspecified atom stereocenters. The van der Waals surface area contributed by atoms with E-state index in [1.165, 1.54) is 0 Å². The molecule has 0 fully saturated rings. The van der Waals surface area contributed by atoms with E-state index in [1.54, 1.807) is 26.8 Å². The number of nitro benzene ring substituents is 1. The van der Waals surface area contributed by atoms with E-state index in [0.29, 0.717) is 6.42 Å². The number of sulfonamides is 1. The summed E-state index contributed by atoms with van der Waals surface area (Å²) in [7, 11) is -4.00. The van der Waals surface area contributed by atoms with E-state index in [1.807, 2.05) is 0 Å². The van der Waals surface area contributed by atoms with Gasteiger partial charge in [0.2, 0.25) is 5.90 Å². The lowest BCUT2D eigenvalue weighted by Crippen LogP contribution is -2.21. The Balaban J connectivity index is 3.20. The average Bonchev–Trinajstić information content (AvgIpc) is 2.46. The number of non-ortho nitro benzene ring substituents is 1. The van der Waals surface area contributed by atoms with Crippen molar-refractivity contribution in [3.05, 3.63) is 47.0 Å². The van der Waals surface area contributed by atoms with Crippen LogP contribution >= 0.6 is 0 Å². The SMILES string of the molecule is C=CCC(C)/C(=N\S(=O)(=O)c1ccc([N+](=O)[O-])cc1)OC(C)C. The standard InChI is InChI=1S/C15H20N2O5S/c1-5-6-12(4)15(22-11(2)3)16-23(20,21)14-9-7-13(8-10-14)17(18)19/h5,7-12H,1,6H2,2-4H3/b16-15+. The van der Waals surface area contributed by atoms with Crippen LogP contribution in [0, 0.1) is 16.0 Å². The van der Waals surface area contributed by atoms with Crippen LogP contribution < -0.4 is 0 Å². The normalized spacial score (nSPS) is 13.7. The molecule has 0 aliphatic carbocycles. The molecule has 1 aromatic rings. The zero-order valence-corrected chi connectivity index (χ0v) is 14.1. The number of ether oxygens (including phenoxy) is 1. The Morgan fingerprint density at radius 1 is 1.35 bits per heavy atom. The highest BCUT2D eigenvalue weighted by atomic mass is 32.2. The maximum Gasteiger partial charge on any atom is 0.285 e. The van der Waals surface area contributed by atoms with Gasteiger partial charge >= 0.3 is 0 Å². The Morgan fingerprint density at radius 2 is 1.91 bits per heavy atom. The predicted molar refractivity (Wildman–Crippen MR) is 87.9 cm³/mol. The highest BCUT2D eigenvalue weighted by molar-refractivity contribution is 7.90. The molecule has 126 valence electrons. The van der Waals surface area contributed by atoms with Gasteiger partial charge in [0.1, 0.15) is 0 Å². The van der Waals surface area contributed by atoms with Crippen LogP contribution in [0.4, 0.5) is 5.69 Å². The van der Waals surface area contributed by atoms with Gasteiger partial charge in [0.05, 0.1) is 15.9 Å². The lowest BCUT2D eigenvalue weighted by atomic mass is 10.1. The first-order chi connectivity index (χ1) is 10.7. The maximum absolute atomic E-state index is 12.4. The van der Waals surface area contributed by atoms with Crippen LogP contribution in [0.3, 0.4) is 0 Å². The minimum Gasteiger partial charge on any atom is -0.477 e. The summed E-state index contributed by atoms with van der Waals surface area (Å²) in [6, 6.07) is 4.56. The van der Waals surface area contributed by atoms with Crippen molar-refractivity contribution in [2.45, 2.75) is 38.2 Å². The van der Waals surface area contributed by atoms with Gasteiger partial charge in [-0.25, -0.2) is 0 Å². The molecule has 0 aromatic heterocycles. The fourth-order valence-corrected chi connectivity index (χ4v) is 2.78. The summed E-state index contributed by atoms with van der Waals surface area (Å²) in [6.07, 6.45) is 1.94. The van der Waals surface area contributed by atoms with Crippen molar-refractivity contribution in [2.75, 3.05) is 0 Å². The van der Waals surface area contributed by atoms with Crippen LogP contribution in [0.25, 0.3) is 0 Å². The molecule has 0 amide bonds. The number of nitrogens with zero attached hydrogens (tertiary/aromatic N) is 2. The van der Waals surface area contributed by atoms with Gasteiger partial charge in [-0.2, -0.15) is 8.42 Å². The molecule has 1 rings (SSSR count). The first-order valence-electron chi connectivity index (χ1n) is 7.04. The molecule has 1 aromatic carbocycles. The Morgan fingerprint density at radius 3 is 2.35 bits per heavy atom. The molecule has 0 radical (unpaired) electrons. The lowest BCUT2D eigenvalue weighted by molar-refractivity contribution is -0.384. The highest BCUT2D eigenvalue weighted by Crippen LogP contribution is 2.19. The molecule has 0 aliphatic heterocycles. The van der Waals surface area contributed by atoms with E-state index >= 15 is 0 Å². The van der Waals surface area contributed by atoms with Gasteiger partial charge in [-0.05, 0) is 32.4 Å². The third-order valence-electron chi connectivity index (χ3n) is 2.85. The van der Waals surface area contributed by atoms with Gasteiger partial charge in [-0.15, -0.1) is 11.0 Å². The van der Waals surface area contributed by atoms with E-state index in [-0.39, 0.29) is 28.5 Å². The molecule has 7 nitrogen and oxygen atoms in total. The summed E-state index contributed by atoms with van der Waals surface area (Å²) in [6.45, 7) is 8.95. The van der Waals surface area contributed by atoms with Crippen LogP contribution in [0.5, 0.6) is 0 Å². The van der Waals surface area contributed by atoms with Crippen LogP contribution in [0.15, 0.2) is 46.2 Å². The topological polar surface area (TPSA) is 98.9 Å². The second-order valence-electron chi connectivity index (χ2n) is 5.25. The van der Waals surface area contributed by atoms with Crippen LogP contribution in [-0.2, 0) is 14.8 Å². The molecular weight excluding hydrogens is 320 g/mol. The third kappa shape index (κ3) is 5.48. The number of rotatable bonds is 7. The van der Waals surface area contributed by atoms with Gasteiger partial charge in [0.25, 0.3) is 15.7 Å². The summed E-state index contributed by atoms with van der Waals surface area (Å²) < 4.78 is 34.0. The van der Waals surface area contributed by atoms with Crippen molar-refractivity contribution in [1.82, 2.24) is 0 Å². The van der Waals surface area contributed by atoms with Crippen molar-refractivity contribution >= 4 is 21.6 Å². The molecule has 23 heavy (non-hydrogen) atoms. The number of hydrogen-bond donors (Lipinski definition) is 0. The van der Waals surface area contributed by atoms with E-state index in [2.05, 4.69) is 11.0 Å². The van der Waals surface area contributed by atoms with E-state index in [0.717, 1.165) is 24.3 Å². The summed E-state index contributed by atoms with van der Waals surface area (Å²) >= 11 is 0. The smallest absolute Gasteiger partial charge is 0.285 e. The molecule has 0 aliphatic rings. The molecule has 0 N–H and O–H groups in total. The summed E-state index contributed by atoms with van der Waals surface area (Å²) in [5, 5.41) is 10.6. The van der Waals surface area contributed by atoms with Crippen molar-refractivity contribution in [3.63, 3.8) is 0 Å². The lowest BCUT2D eigenvalue weighted by Gasteiger charge is -2.17. The van der Waals surface area contributed by atoms with Crippen molar-refractivity contribution < 1.29 is 18.1 Å². The second kappa shape index (κ2) is 7.87. The first-order valence-corrected chi connectivity index (χ1v) is 8.48. The molecule has 8 heteroatoms. The average molecular weight is 340 g/mol. The minimum atomic E-state index is -4.00. The van der Waals surface area contributed by atoms with E-state index < -0.39 is 14.9 Å². The van der Waals surface area contributed by atoms with E-state index in [4.69, 9.17) is 4.74 Å². The minimum absolute atomic E-state index is 0.0956. The molecule has 0 saturated heterocycles. The van der Waals surface area contributed by atoms with Gasteiger partial charge < -0.3 is 4.74 Å². The van der Waals surface area contributed by atoms with Crippen LogP contribution in [-0.4, -0.2) is 25.3 Å². The van der Waals surface area contributed by atoms with Crippen LogP contribution in [0.2, 0.25) is 0 Å². The summed E-state index contributed by atoms with van der Waals surface area (Å²) in [4.78, 5) is 9.90. The molecule has 0 saturated carbocycles. The van der Waals surface area contributed by atoms with Gasteiger partial charge in [-0.3, -0.25) is 10.1 Å². The fraction of sp³-hybridized carbons (Fsp3) is 0.400. The molecule has 0 bridgehead atoms. The number of hydrogen-bond acceptors (Lipinski definition) is 5. The summed E-state index contributed by atoms with van der Waals surface area (Å²) in [5.74, 6) is -0.152. The van der Waals surface area contributed by atoms with Gasteiger partial charge in [-0.1, -0.05) is 13.0 Å². The zero-order chi connectivity index (χ0) is 17.6. The largest absolute Gasteiger partial charge is 0.477 e. The van der Waals surface area contributed by atoms with Crippen LogP contribution in [0.1, 0.15) is 27.2 Å². The predicted octanol–water partition coefficient (Wildman–Crippen LogP) is 3.32. The molecule has 0 spiro atoms. The van der Waals surface area contributed by atoms with Crippen molar-refractivity contribution in [3.8, 4) is 0 Å². The Kier molecular flexibility index (Phi) is 6.44. The summed E-state index contributed by atoms with van der Waals surface area (Å²) in [5.41, 5.74) is -0.188. The molecule has 1 atom stereocenters. The Hall–Kier alpha value is -2.22. The monoisotopic (exact) mass is 340 g/mol. The van der Waals surface area contributed by atoms with Crippen molar-refractivity contribution in [2.24, 2.45) is 10.3 Å². The quantitative estimate of drug-likeness (QED) is 0.249. The maximum atomic E-state index is 12.4. The Bertz CT molecular complexity index is 693. The Labute approximate surface area is 135 Å². The zero-order valence-electron chi connectivity index (χ0n) is 13.3. The second-order valence-corrected chi connectivity index (χ2v) is 6.85. The number of benzene rings is 1. The highest BCUT2D eigenvalue weighted by Gasteiger charge is 2.20. The third-order valence-corrected chi connectivity index (χ3v) is 4.14. The molecular formula is C15H20N2O5S. The van der Waals surface area contributed by atoms with E-state index in [9.17, 15) is 18.5 Å². The first kappa shape index (κ1) is 18.8.